The van der Waals surface area contributed by atoms with Gasteiger partial charge in [0, 0.05) is 5.56 Å². The number of carbonyl (C=O) groups is 1. The number of benzene rings is 1. The Morgan fingerprint density at radius 3 is 2.43 bits per heavy atom. The highest BCUT2D eigenvalue weighted by Crippen LogP contribution is 2.08. The lowest BCUT2D eigenvalue weighted by atomic mass is 10.1. The number of hydrogen-bond acceptors (Lipinski definition) is 3. The summed E-state index contributed by atoms with van der Waals surface area (Å²) in [5.41, 5.74) is 1.02. The van der Waals surface area contributed by atoms with Crippen molar-refractivity contribution in [2.24, 2.45) is 0 Å². The molecule has 0 aliphatic carbocycles. The topological polar surface area (TPSA) is 71.4 Å². The van der Waals surface area contributed by atoms with E-state index >= 15 is 0 Å². The standard InChI is InChI=1S/C9H10O4S/c1-7-4-2-3-5-8(7)9(10)6-14(11,12)13/h2-5H,6H2,1H3,(H,11,12,13). The fourth-order valence-electron chi connectivity index (χ4n) is 1.13. The molecular weight excluding hydrogens is 204 g/mol. The Hall–Kier alpha value is -1.20. The van der Waals surface area contributed by atoms with Crippen LogP contribution < -0.4 is 0 Å². The Kier molecular flexibility index (Phi) is 3.03. The van der Waals surface area contributed by atoms with E-state index in [2.05, 4.69) is 0 Å². The van der Waals surface area contributed by atoms with Crippen LogP contribution in [0.4, 0.5) is 0 Å². The van der Waals surface area contributed by atoms with E-state index in [0.717, 1.165) is 0 Å². The second-order valence-electron chi connectivity index (χ2n) is 2.96. The first kappa shape index (κ1) is 10.9. The normalized spacial score (nSPS) is 11.3. The van der Waals surface area contributed by atoms with E-state index in [0.29, 0.717) is 11.1 Å². The van der Waals surface area contributed by atoms with Crippen LogP contribution in [0.3, 0.4) is 0 Å². The number of hydrogen-bond donors (Lipinski definition) is 1. The molecule has 76 valence electrons. The molecule has 1 aromatic rings. The second kappa shape index (κ2) is 3.89. The molecule has 14 heavy (non-hydrogen) atoms. The van der Waals surface area contributed by atoms with Gasteiger partial charge in [-0.1, -0.05) is 24.3 Å². The molecule has 0 aromatic heterocycles. The summed E-state index contributed by atoms with van der Waals surface area (Å²) in [4.78, 5) is 11.3. The first-order valence-electron chi connectivity index (χ1n) is 3.94. The van der Waals surface area contributed by atoms with Crippen LogP contribution in [0.5, 0.6) is 0 Å². The Morgan fingerprint density at radius 2 is 1.93 bits per heavy atom. The third-order valence-corrected chi connectivity index (χ3v) is 2.39. The number of Topliss-reactive ketones (excluding diaryl/α,β-unsaturated/α-hetero) is 1. The first-order chi connectivity index (χ1) is 6.40. The van der Waals surface area contributed by atoms with Gasteiger partial charge in [0.05, 0.1) is 0 Å². The lowest BCUT2D eigenvalue weighted by molar-refractivity contribution is 0.101. The first-order valence-corrected chi connectivity index (χ1v) is 5.55. The molecule has 1 aromatic carbocycles. The highest BCUT2D eigenvalue weighted by atomic mass is 32.2. The predicted molar refractivity (Wildman–Crippen MR) is 51.9 cm³/mol. The van der Waals surface area contributed by atoms with Crippen LogP contribution >= 0.6 is 0 Å². The second-order valence-corrected chi connectivity index (χ2v) is 4.42. The van der Waals surface area contributed by atoms with Crippen molar-refractivity contribution in [1.82, 2.24) is 0 Å². The third-order valence-electron chi connectivity index (χ3n) is 1.76. The van der Waals surface area contributed by atoms with E-state index in [1.807, 2.05) is 0 Å². The molecule has 0 aliphatic heterocycles. The van der Waals surface area contributed by atoms with Gasteiger partial charge in [0.15, 0.2) is 5.78 Å². The van der Waals surface area contributed by atoms with Crippen molar-refractivity contribution in [3.63, 3.8) is 0 Å². The van der Waals surface area contributed by atoms with E-state index in [4.69, 9.17) is 4.55 Å². The summed E-state index contributed by atoms with van der Waals surface area (Å²) in [5.74, 6) is -1.46. The maximum atomic E-state index is 11.3. The van der Waals surface area contributed by atoms with Gasteiger partial charge in [0.25, 0.3) is 10.1 Å². The fourth-order valence-corrected chi connectivity index (χ4v) is 1.62. The molecule has 5 heteroatoms. The third kappa shape index (κ3) is 2.93. The van der Waals surface area contributed by atoms with Crippen LogP contribution in [-0.2, 0) is 10.1 Å². The summed E-state index contributed by atoms with van der Waals surface area (Å²) >= 11 is 0. The van der Waals surface area contributed by atoms with Crippen molar-refractivity contribution in [2.45, 2.75) is 6.92 Å². The summed E-state index contributed by atoms with van der Waals surface area (Å²) in [6.45, 7) is 1.71. The van der Waals surface area contributed by atoms with Crippen molar-refractivity contribution in [1.29, 1.82) is 0 Å². The van der Waals surface area contributed by atoms with Gasteiger partial charge in [-0.2, -0.15) is 8.42 Å². The number of rotatable bonds is 3. The minimum atomic E-state index is -4.24. The molecule has 4 nitrogen and oxygen atoms in total. The molecule has 0 unspecified atom stereocenters. The Labute approximate surface area is 82.3 Å². The summed E-state index contributed by atoms with van der Waals surface area (Å²) in [5, 5.41) is 0. The average molecular weight is 214 g/mol. The highest BCUT2D eigenvalue weighted by Gasteiger charge is 2.15. The fraction of sp³-hybridized carbons (Fsp3) is 0.222. The smallest absolute Gasteiger partial charge is 0.272 e. The average Bonchev–Trinajstić information content (AvgIpc) is 2.01. The molecular formula is C9H10O4S. The van der Waals surface area contributed by atoms with Crippen molar-refractivity contribution < 1.29 is 17.8 Å². The molecule has 0 saturated carbocycles. The van der Waals surface area contributed by atoms with E-state index in [1.165, 1.54) is 6.07 Å². The molecule has 0 heterocycles. The Balaban J connectivity index is 2.97. The predicted octanol–water partition coefficient (Wildman–Crippen LogP) is 1.07. The van der Waals surface area contributed by atoms with Crippen LogP contribution in [-0.4, -0.2) is 24.5 Å². The minimum Gasteiger partial charge on any atom is -0.293 e. The molecule has 0 amide bonds. The molecule has 0 spiro atoms. The zero-order valence-corrected chi connectivity index (χ0v) is 8.41. The van der Waals surface area contributed by atoms with Crippen molar-refractivity contribution in [2.75, 3.05) is 5.75 Å². The summed E-state index contributed by atoms with van der Waals surface area (Å²) in [6, 6.07) is 6.63. The van der Waals surface area contributed by atoms with Gasteiger partial charge >= 0.3 is 0 Å². The van der Waals surface area contributed by atoms with Gasteiger partial charge in [-0.3, -0.25) is 9.35 Å². The number of ketones is 1. The van der Waals surface area contributed by atoms with Gasteiger partial charge < -0.3 is 0 Å². The van der Waals surface area contributed by atoms with Gasteiger partial charge in [-0.05, 0) is 12.5 Å². The molecule has 0 fully saturated rings. The van der Waals surface area contributed by atoms with Gasteiger partial charge in [-0.15, -0.1) is 0 Å². The van der Waals surface area contributed by atoms with Gasteiger partial charge in [-0.25, -0.2) is 0 Å². The van der Waals surface area contributed by atoms with Crippen LogP contribution in [0.15, 0.2) is 24.3 Å². The van der Waals surface area contributed by atoms with Crippen LogP contribution in [0.25, 0.3) is 0 Å². The Bertz CT molecular complexity index is 448. The summed E-state index contributed by atoms with van der Waals surface area (Å²) in [7, 11) is -4.24. The zero-order valence-electron chi connectivity index (χ0n) is 7.60. The molecule has 0 radical (unpaired) electrons. The van der Waals surface area contributed by atoms with Crippen molar-refractivity contribution >= 4 is 15.9 Å². The van der Waals surface area contributed by atoms with Crippen LogP contribution in [0.2, 0.25) is 0 Å². The van der Waals surface area contributed by atoms with E-state index in [9.17, 15) is 13.2 Å². The Morgan fingerprint density at radius 1 is 1.36 bits per heavy atom. The molecule has 1 N–H and O–H groups in total. The zero-order chi connectivity index (χ0) is 10.8. The highest BCUT2D eigenvalue weighted by molar-refractivity contribution is 7.86. The number of aryl methyl sites for hydroxylation is 1. The van der Waals surface area contributed by atoms with E-state index in [-0.39, 0.29) is 0 Å². The molecule has 0 aliphatic rings. The van der Waals surface area contributed by atoms with Crippen molar-refractivity contribution in [3.8, 4) is 0 Å². The van der Waals surface area contributed by atoms with Crippen LogP contribution in [0.1, 0.15) is 15.9 Å². The SMILES string of the molecule is Cc1ccccc1C(=O)CS(=O)(=O)O. The maximum Gasteiger partial charge on any atom is 0.272 e. The monoisotopic (exact) mass is 214 g/mol. The molecule has 0 saturated heterocycles. The molecule has 1 rings (SSSR count). The quantitative estimate of drug-likeness (QED) is 0.603. The van der Waals surface area contributed by atoms with Crippen molar-refractivity contribution in [3.05, 3.63) is 35.4 Å². The largest absolute Gasteiger partial charge is 0.293 e. The lowest BCUT2D eigenvalue weighted by Gasteiger charge is -2.02. The van der Waals surface area contributed by atoms with E-state index in [1.54, 1.807) is 25.1 Å². The lowest BCUT2D eigenvalue weighted by Crippen LogP contribution is -2.15. The summed E-state index contributed by atoms with van der Waals surface area (Å²) in [6.07, 6.45) is 0. The molecule has 0 atom stereocenters. The van der Waals surface area contributed by atoms with Gasteiger partial charge in [0.1, 0.15) is 5.75 Å². The van der Waals surface area contributed by atoms with Gasteiger partial charge in [0.2, 0.25) is 0 Å². The molecule has 0 bridgehead atoms. The minimum absolute atomic E-state index is 0.324. The number of carbonyl (C=O) groups excluding carboxylic acids is 1. The van der Waals surface area contributed by atoms with Crippen LogP contribution in [0, 0.1) is 6.92 Å². The maximum absolute atomic E-state index is 11.3. The summed E-state index contributed by atoms with van der Waals surface area (Å²) < 4.78 is 29.4. The van der Waals surface area contributed by atoms with E-state index < -0.39 is 21.7 Å².